The van der Waals surface area contributed by atoms with Gasteiger partial charge in [-0.05, 0) is 58.2 Å². The van der Waals surface area contributed by atoms with Gasteiger partial charge in [0.15, 0.2) is 0 Å². The number of nitrogens with zero attached hydrogens (tertiary/aromatic N) is 1. The van der Waals surface area contributed by atoms with E-state index in [1.807, 2.05) is 42.5 Å². The molecule has 0 aliphatic carbocycles. The Kier molecular flexibility index (Phi) is 3.26. The van der Waals surface area contributed by atoms with Crippen molar-refractivity contribution in [2.75, 3.05) is 0 Å². The zero-order valence-electron chi connectivity index (χ0n) is 9.34. The second kappa shape index (κ2) is 4.89. The standard InChI is InChI=1S/C13H8BINOS/c14-16-11-7-6-9(15)8-12(11)18-13(16)17-10-4-2-1-3-5-10/h1-8H/q+1. The van der Waals surface area contributed by atoms with Gasteiger partial charge in [0.1, 0.15) is 10.4 Å². The number of hydrogen-bond donors (Lipinski definition) is 0. The smallest absolute Gasteiger partial charge is 0.399 e. The average molecular weight is 364 g/mol. The molecule has 0 fully saturated rings. The Labute approximate surface area is 124 Å². The summed E-state index contributed by atoms with van der Waals surface area (Å²) < 4.78 is 9.68. The van der Waals surface area contributed by atoms with Gasteiger partial charge in [-0.1, -0.05) is 18.2 Å². The molecule has 3 rings (SSSR count). The molecule has 0 bridgehead atoms. The normalized spacial score (nSPS) is 10.7. The maximum absolute atomic E-state index is 6.04. The molecule has 18 heavy (non-hydrogen) atoms. The lowest BCUT2D eigenvalue weighted by molar-refractivity contribution is -0.494. The highest BCUT2D eigenvalue weighted by molar-refractivity contribution is 14.1. The number of benzene rings is 2. The lowest BCUT2D eigenvalue weighted by Crippen LogP contribution is -2.30. The van der Waals surface area contributed by atoms with Crippen LogP contribution in [0.2, 0.25) is 0 Å². The van der Waals surface area contributed by atoms with Crippen LogP contribution >= 0.6 is 33.9 Å². The van der Waals surface area contributed by atoms with Gasteiger partial charge in [-0.15, -0.1) is 0 Å². The van der Waals surface area contributed by atoms with Crippen molar-refractivity contribution >= 4 is 52.1 Å². The fraction of sp³-hybridized carbons (Fsp3) is 0. The van der Waals surface area contributed by atoms with Crippen molar-refractivity contribution < 1.29 is 9.21 Å². The van der Waals surface area contributed by atoms with Crippen molar-refractivity contribution in [1.82, 2.24) is 0 Å². The number of fused-ring (bicyclic) bond motifs is 1. The van der Waals surface area contributed by atoms with E-state index >= 15 is 0 Å². The zero-order chi connectivity index (χ0) is 12.5. The van der Waals surface area contributed by atoms with Crippen LogP contribution in [0.3, 0.4) is 0 Å². The molecule has 3 aromatic rings. The van der Waals surface area contributed by atoms with Gasteiger partial charge in [0.05, 0.1) is 0 Å². The molecular formula is C13H8BINOS+. The van der Waals surface area contributed by atoms with Gasteiger partial charge in [-0.2, -0.15) is 0 Å². The van der Waals surface area contributed by atoms with Crippen molar-refractivity contribution in [3.63, 3.8) is 0 Å². The molecule has 0 N–H and O–H groups in total. The lowest BCUT2D eigenvalue weighted by atomic mass is 10.3. The summed E-state index contributed by atoms with van der Waals surface area (Å²) in [4.78, 5) is 0. The van der Waals surface area contributed by atoms with Crippen LogP contribution in [0.1, 0.15) is 0 Å². The van der Waals surface area contributed by atoms with E-state index in [1.165, 1.54) is 3.57 Å². The molecule has 1 aromatic heterocycles. The summed E-state index contributed by atoms with van der Waals surface area (Å²) in [6, 6.07) is 15.8. The van der Waals surface area contributed by atoms with E-state index in [1.54, 1.807) is 15.8 Å². The molecule has 2 radical (unpaired) electrons. The molecular weight excluding hydrogens is 356 g/mol. The summed E-state index contributed by atoms with van der Waals surface area (Å²) in [5.74, 6) is 0.790. The topological polar surface area (TPSA) is 13.1 Å². The summed E-state index contributed by atoms with van der Waals surface area (Å²) in [7, 11) is 6.04. The summed E-state index contributed by atoms with van der Waals surface area (Å²) in [6.45, 7) is 0. The van der Waals surface area contributed by atoms with E-state index in [0.717, 1.165) is 16.0 Å². The second-order valence-corrected chi connectivity index (χ2v) is 6.00. The van der Waals surface area contributed by atoms with E-state index in [4.69, 9.17) is 12.7 Å². The van der Waals surface area contributed by atoms with E-state index < -0.39 is 0 Å². The van der Waals surface area contributed by atoms with Gasteiger partial charge in [-0.25, -0.2) is 4.48 Å². The summed E-state index contributed by atoms with van der Waals surface area (Å²) in [5, 5.41) is 0.679. The highest BCUT2D eigenvalue weighted by Gasteiger charge is 2.18. The van der Waals surface area contributed by atoms with Crippen LogP contribution in [0.4, 0.5) is 0 Å². The van der Waals surface area contributed by atoms with Crippen molar-refractivity contribution in [2.45, 2.75) is 0 Å². The first-order chi connectivity index (χ1) is 8.74. The van der Waals surface area contributed by atoms with Gasteiger partial charge in [-0.3, -0.25) is 0 Å². The molecule has 2 aromatic carbocycles. The fourth-order valence-electron chi connectivity index (χ4n) is 1.67. The van der Waals surface area contributed by atoms with Crippen molar-refractivity contribution in [3.05, 3.63) is 52.1 Å². The van der Waals surface area contributed by atoms with E-state index in [9.17, 15) is 0 Å². The Morgan fingerprint density at radius 1 is 1.11 bits per heavy atom. The van der Waals surface area contributed by atoms with Gasteiger partial charge < -0.3 is 4.74 Å². The van der Waals surface area contributed by atoms with Crippen molar-refractivity contribution in [2.24, 2.45) is 0 Å². The van der Waals surface area contributed by atoms with Crippen molar-refractivity contribution in [3.8, 4) is 10.9 Å². The zero-order valence-corrected chi connectivity index (χ0v) is 12.3. The van der Waals surface area contributed by atoms with E-state index in [0.29, 0.717) is 5.19 Å². The molecule has 0 amide bonds. The lowest BCUT2D eigenvalue weighted by Gasteiger charge is -1.98. The molecule has 0 aliphatic heterocycles. The first-order valence-electron chi connectivity index (χ1n) is 5.36. The molecule has 0 saturated carbocycles. The third kappa shape index (κ3) is 2.24. The average Bonchev–Trinajstić information content (AvgIpc) is 2.67. The number of aromatic nitrogens is 1. The third-order valence-electron chi connectivity index (χ3n) is 2.52. The van der Waals surface area contributed by atoms with Crippen molar-refractivity contribution in [1.29, 1.82) is 0 Å². The molecule has 0 saturated heterocycles. The van der Waals surface area contributed by atoms with Gasteiger partial charge in [0.25, 0.3) is 0 Å². The van der Waals surface area contributed by atoms with Crippen LogP contribution in [0.5, 0.6) is 10.9 Å². The highest BCUT2D eigenvalue weighted by Crippen LogP contribution is 2.29. The fourth-order valence-corrected chi connectivity index (χ4v) is 3.35. The Bertz CT molecular complexity index is 699. The number of para-hydroxylation sites is 1. The third-order valence-corrected chi connectivity index (χ3v) is 4.20. The van der Waals surface area contributed by atoms with Crippen LogP contribution < -0.4 is 9.21 Å². The minimum absolute atomic E-state index is 0.679. The van der Waals surface area contributed by atoms with E-state index in [2.05, 4.69) is 28.7 Å². The number of hydrogen-bond acceptors (Lipinski definition) is 2. The SMILES string of the molecule is [B][n+]1c(Oc2ccccc2)sc2cc(I)ccc21. The maximum atomic E-state index is 6.04. The highest BCUT2D eigenvalue weighted by atomic mass is 127. The monoisotopic (exact) mass is 364 g/mol. The molecule has 0 atom stereocenters. The molecule has 5 heteroatoms. The minimum atomic E-state index is 0.679. The summed E-state index contributed by atoms with van der Waals surface area (Å²) >= 11 is 3.83. The molecule has 86 valence electrons. The molecule has 1 heterocycles. The van der Waals surface area contributed by atoms with Crippen LogP contribution in [0.25, 0.3) is 10.2 Å². The first-order valence-corrected chi connectivity index (χ1v) is 7.25. The maximum Gasteiger partial charge on any atom is 0.591 e. The predicted molar refractivity (Wildman–Crippen MR) is 82.4 cm³/mol. The van der Waals surface area contributed by atoms with Gasteiger partial charge in [0.2, 0.25) is 5.52 Å². The second-order valence-electron chi connectivity index (χ2n) is 3.77. The number of thiazole rings is 1. The minimum Gasteiger partial charge on any atom is -0.399 e. The molecule has 2 nitrogen and oxygen atoms in total. The largest absolute Gasteiger partial charge is 0.591 e. The Balaban J connectivity index is 2.05. The Morgan fingerprint density at radius 2 is 1.89 bits per heavy atom. The van der Waals surface area contributed by atoms with Crippen LogP contribution in [-0.4, -0.2) is 7.98 Å². The van der Waals surface area contributed by atoms with Crippen LogP contribution in [0, 0.1) is 3.57 Å². The quantitative estimate of drug-likeness (QED) is 0.501. The predicted octanol–water partition coefficient (Wildman–Crippen LogP) is 3.52. The van der Waals surface area contributed by atoms with Crippen LogP contribution in [0.15, 0.2) is 48.5 Å². The number of rotatable bonds is 2. The summed E-state index contributed by atoms with van der Waals surface area (Å²) in [5.41, 5.74) is 0.978. The number of halogens is 1. The van der Waals surface area contributed by atoms with Gasteiger partial charge >= 0.3 is 13.2 Å². The molecule has 0 unspecified atom stereocenters. The molecule has 0 spiro atoms. The first kappa shape index (κ1) is 12.0. The van der Waals surface area contributed by atoms with Crippen LogP contribution in [-0.2, 0) is 0 Å². The Morgan fingerprint density at radius 3 is 2.67 bits per heavy atom. The molecule has 0 aliphatic rings. The number of ether oxygens (including phenoxy) is 1. The van der Waals surface area contributed by atoms with Gasteiger partial charge in [0, 0.05) is 9.64 Å². The Hall–Kier alpha value is -1.08. The van der Waals surface area contributed by atoms with E-state index in [-0.39, 0.29) is 0 Å². The summed E-state index contributed by atoms with van der Waals surface area (Å²) in [6.07, 6.45) is 0.